The Hall–Kier alpha value is -2.63. The van der Waals surface area contributed by atoms with Gasteiger partial charge in [-0.3, -0.25) is 14.6 Å². The molecule has 1 heterocycles. The lowest BCUT2D eigenvalue weighted by molar-refractivity contribution is 0.112. The number of H-pyrrole nitrogens is 1. The molecule has 6 nitrogen and oxygen atoms in total. The number of nitrogens with one attached hydrogen (secondary N) is 2. The van der Waals surface area contributed by atoms with E-state index < -0.39 is 5.56 Å². The number of aldehydes is 1. The van der Waals surface area contributed by atoms with E-state index in [0.29, 0.717) is 6.29 Å². The molecule has 0 fully saturated rings. The van der Waals surface area contributed by atoms with Crippen molar-refractivity contribution < 1.29 is 4.79 Å². The van der Waals surface area contributed by atoms with Crippen LogP contribution in [0.3, 0.4) is 0 Å². The van der Waals surface area contributed by atoms with Gasteiger partial charge in [-0.2, -0.15) is 4.98 Å². The maximum Gasteiger partial charge on any atom is 0.265 e. The van der Waals surface area contributed by atoms with Crippen LogP contribution in [0.4, 0.5) is 17.5 Å². The third-order valence-electron chi connectivity index (χ3n) is 2.38. The van der Waals surface area contributed by atoms with E-state index in [0.717, 1.165) is 11.3 Å². The van der Waals surface area contributed by atoms with E-state index in [4.69, 9.17) is 5.73 Å². The molecular weight excluding hydrogens is 232 g/mol. The summed E-state index contributed by atoms with van der Waals surface area (Å²) in [6, 6.07) is 7.55. The minimum absolute atomic E-state index is 0.0936. The maximum atomic E-state index is 11.5. The van der Waals surface area contributed by atoms with Gasteiger partial charge in [0.15, 0.2) is 6.29 Å². The summed E-state index contributed by atoms with van der Waals surface area (Å²) in [6.45, 7) is 1.95. The summed E-state index contributed by atoms with van der Waals surface area (Å²) in [5.41, 5.74) is 6.63. The molecule has 1 aromatic carbocycles. The van der Waals surface area contributed by atoms with E-state index >= 15 is 0 Å². The van der Waals surface area contributed by atoms with Gasteiger partial charge < -0.3 is 11.1 Å². The predicted octanol–water partition coefficient (Wildman–Crippen LogP) is 1.22. The van der Waals surface area contributed by atoms with Crippen LogP contribution in [-0.2, 0) is 0 Å². The first-order valence-electron chi connectivity index (χ1n) is 5.29. The highest BCUT2D eigenvalue weighted by Gasteiger charge is 2.07. The number of anilines is 3. The highest BCUT2D eigenvalue weighted by Crippen LogP contribution is 2.14. The first kappa shape index (κ1) is 11.8. The maximum absolute atomic E-state index is 11.5. The van der Waals surface area contributed by atoms with Crippen molar-refractivity contribution >= 4 is 23.7 Å². The van der Waals surface area contributed by atoms with E-state index in [-0.39, 0.29) is 17.3 Å². The number of benzene rings is 1. The van der Waals surface area contributed by atoms with E-state index in [9.17, 15) is 9.59 Å². The fourth-order valence-electron chi connectivity index (χ4n) is 1.53. The number of aryl methyl sites for hydroxylation is 1. The summed E-state index contributed by atoms with van der Waals surface area (Å²) in [5, 5.41) is 2.92. The molecule has 4 N–H and O–H groups in total. The summed E-state index contributed by atoms with van der Waals surface area (Å²) in [5.74, 6) is 0.109. The van der Waals surface area contributed by atoms with Crippen LogP contribution in [0.1, 0.15) is 15.9 Å². The highest BCUT2D eigenvalue weighted by molar-refractivity contribution is 5.81. The zero-order valence-corrected chi connectivity index (χ0v) is 9.73. The molecule has 0 saturated carbocycles. The lowest BCUT2D eigenvalue weighted by Crippen LogP contribution is -2.18. The third kappa shape index (κ3) is 2.37. The van der Waals surface area contributed by atoms with Gasteiger partial charge >= 0.3 is 0 Å². The van der Waals surface area contributed by atoms with Gasteiger partial charge in [0.25, 0.3) is 5.56 Å². The van der Waals surface area contributed by atoms with Crippen LogP contribution < -0.4 is 16.6 Å². The van der Waals surface area contributed by atoms with Crippen molar-refractivity contribution in [1.82, 2.24) is 9.97 Å². The van der Waals surface area contributed by atoms with Gasteiger partial charge in [-0.1, -0.05) is 12.1 Å². The molecule has 6 heteroatoms. The molecule has 0 radical (unpaired) electrons. The smallest absolute Gasteiger partial charge is 0.265 e. The van der Waals surface area contributed by atoms with Gasteiger partial charge in [0.2, 0.25) is 5.95 Å². The Morgan fingerprint density at radius 3 is 2.83 bits per heavy atom. The van der Waals surface area contributed by atoms with Crippen molar-refractivity contribution in [3.8, 4) is 0 Å². The number of nitrogens with two attached hydrogens (primary N) is 1. The summed E-state index contributed by atoms with van der Waals surface area (Å²) < 4.78 is 0. The topological polar surface area (TPSA) is 101 Å². The molecule has 2 rings (SSSR count). The third-order valence-corrected chi connectivity index (χ3v) is 2.38. The van der Waals surface area contributed by atoms with Crippen LogP contribution in [0, 0.1) is 6.92 Å². The molecule has 0 spiro atoms. The Kier molecular flexibility index (Phi) is 3.09. The Labute approximate surface area is 103 Å². The number of hydrogen-bond acceptors (Lipinski definition) is 5. The van der Waals surface area contributed by atoms with Crippen LogP contribution in [0.2, 0.25) is 0 Å². The Bertz CT molecular complexity index is 649. The molecule has 92 valence electrons. The number of aromatic amines is 1. The zero-order chi connectivity index (χ0) is 13.1. The molecule has 2 aromatic rings. The van der Waals surface area contributed by atoms with Gasteiger partial charge in [-0.15, -0.1) is 0 Å². The highest BCUT2D eigenvalue weighted by atomic mass is 16.1. The largest absolute Gasteiger partial charge is 0.383 e. The van der Waals surface area contributed by atoms with E-state index in [1.54, 1.807) is 0 Å². The molecule has 18 heavy (non-hydrogen) atoms. The van der Waals surface area contributed by atoms with Crippen molar-refractivity contribution in [3.63, 3.8) is 0 Å². The van der Waals surface area contributed by atoms with Gasteiger partial charge in [-0.25, -0.2) is 0 Å². The summed E-state index contributed by atoms with van der Waals surface area (Å²) in [7, 11) is 0. The van der Waals surface area contributed by atoms with Crippen molar-refractivity contribution in [2.24, 2.45) is 0 Å². The molecule has 1 aromatic heterocycles. The SMILES string of the molecule is Cc1cccc(Nc2nc(N)c(C=O)c(=O)[nH]2)c1. The standard InChI is InChI=1S/C12H12N4O2/c1-7-3-2-4-8(5-7)14-12-15-10(13)9(6-17)11(18)16-12/h2-6H,1H3,(H4,13,14,15,16,18). The monoisotopic (exact) mass is 244 g/mol. The van der Waals surface area contributed by atoms with Crippen LogP contribution >= 0.6 is 0 Å². The van der Waals surface area contributed by atoms with Gasteiger partial charge in [0.1, 0.15) is 11.4 Å². The normalized spacial score (nSPS) is 10.1. The molecule has 0 bridgehead atoms. The van der Waals surface area contributed by atoms with Crippen LogP contribution in [0.25, 0.3) is 0 Å². The predicted molar refractivity (Wildman–Crippen MR) is 69.1 cm³/mol. The van der Waals surface area contributed by atoms with Crippen LogP contribution in [0.15, 0.2) is 29.1 Å². The summed E-state index contributed by atoms with van der Waals surface area (Å²) in [4.78, 5) is 28.5. The minimum atomic E-state index is -0.562. The molecule has 0 atom stereocenters. The number of carbonyl (C=O) groups is 1. The summed E-state index contributed by atoms with van der Waals surface area (Å²) >= 11 is 0. The first-order chi connectivity index (χ1) is 8.60. The number of aromatic nitrogens is 2. The number of nitrogens with zero attached hydrogens (tertiary/aromatic N) is 1. The lowest BCUT2D eigenvalue weighted by Gasteiger charge is -2.07. The minimum Gasteiger partial charge on any atom is -0.383 e. The Morgan fingerprint density at radius 2 is 2.22 bits per heavy atom. The fraction of sp³-hybridized carbons (Fsp3) is 0.0833. The molecule has 0 saturated heterocycles. The second-order valence-corrected chi connectivity index (χ2v) is 3.83. The summed E-state index contributed by atoms with van der Waals surface area (Å²) in [6.07, 6.45) is 0.387. The molecular formula is C12H12N4O2. The van der Waals surface area contributed by atoms with E-state index in [1.807, 2.05) is 31.2 Å². The van der Waals surface area contributed by atoms with E-state index in [2.05, 4.69) is 15.3 Å². The van der Waals surface area contributed by atoms with Gasteiger partial charge in [0, 0.05) is 5.69 Å². The van der Waals surface area contributed by atoms with Crippen LogP contribution in [0.5, 0.6) is 0 Å². The van der Waals surface area contributed by atoms with E-state index in [1.165, 1.54) is 0 Å². The average Bonchev–Trinajstić information content (AvgIpc) is 2.28. The van der Waals surface area contributed by atoms with Gasteiger partial charge in [0.05, 0.1) is 0 Å². The molecule has 0 amide bonds. The first-order valence-corrected chi connectivity index (χ1v) is 5.29. The quantitative estimate of drug-likeness (QED) is 0.704. The average molecular weight is 244 g/mol. The fourth-order valence-corrected chi connectivity index (χ4v) is 1.53. The number of hydrogen-bond donors (Lipinski definition) is 3. The van der Waals surface area contributed by atoms with Gasteiger partial charge in [-0.05, 0) is 24.6 Å². The molecule has 0 aliphatic heterocycles. The second kappa shape index (κ2) is 4.70. The Morgan fingerprint density at radius 1 is 1.44 bits per heavy atom. The van der Waals surface area contributed by atoms with Crippen molar-refractivity contribution in [2.45, 2.75) is 6.92 Å². The van der Waals surface area contributed by atoms with Crippen molar-refractivity contribution in [1.29, 1.82) is 0 Å². The molecule has 0 unspecified atom stereocenters. The molecule has 0 aliphatic rings. The van der Waals surface area contributed by atoms with Crippen molar-refractivity contribution in [3.05, 3.63) is 45.7 Å². The lowest BCUT2D eigenvalue weighted by atomic mass is 10.2. The number of carbonyl (C=O) groups excluding carboxylic acids is 1. The second-order valence-electron chi connectivity index (χ2n) is 3.83. The Balaban J connectivity index is 2.36. The number of rotatable bonds is 3. The molecule has 0 aliphatic carbocycles. The number of nitrogen functional groups attached to an aromatic ring is 1. The van der Waals surface area contributed by atoms with Crippen LogP contribution in [-0.4, -0.2) is 16.3 Å². The van der Waals surface area contributed by atoms with Crippen molar-refractivity contribution in [2.75, 3.05) is 11.1 Å². The zero-order valence-electron chi connectivity index (χ0n) is 9.73.